The van der Waals surface area contributed by atoms with Crippen LogP contribution in [0.5, 0.6) is 0 Å². The summed E-state index contributed by atoms with van der Waals surface area (Å²) in [4.78, 5) is 15.2. The van der Waals surface area contributed by atoms with Crippen LogP contribution in [0, 0.1) is 6.92 Å². The largest absolute Gasteiger partial charge is 0.334 e. The molecule has 0 saturated heterocycles. The number of aryl methyl sites for hydroxylation is 1. The van der Waals surface area contributed by atoms with Crippen LogP contribution in [0.2, 0.25) is 0 Å². The minimum Gasteiger partial charge on any atom is -0.334 e. The lowest BCUT2D eigenvalue weighted by molar-refractivity contribution is -0.114. The zero-order valence-electron chi connectivity index (χ0n) is 14.1. The van der Waals surface area contributed by atoms with E-state index in [9.17, 15) is 13.2 Å². The third kappa shape index (κ3) is 4.06. The van der Waals surface area contributed by atoms with E-state index >= 15 is 0 Å². The fourth-order valence-corrected chi connectivity index (χ4v) is 3.29. The molecule has 26 heavy (non-hydrogen) atoms. The first-order chi connectivity index (χ1) is 12.3. The van der Waals surface area contributed by atoms with E-state index in [1.165, 1.54) is 31.2 Å². The van der Waals surface area contributed by atoms with Gasteiger partial charge in [0, 0.05) is 23.9 Å². The maximum atomic E-state index is 12.5. The highest BCUT2D eigenvalue weighted by atomic mass is 32.2. The van der Waals surface area contributed by atoms with Gasteiger partial charge in [-0.05, 0) is 55.5 Å². The average molecular weight is 372 g/mol. The second-order valence-corrected chi connectivity index (χ2v) is 7.22. The van der Waals surface area contributed by atoms with Crippen LogP contribution in [-0.2, 0) is 14.8 Å². The molecule has 3 rings (SSSR count). The number of aromatic nitrogens is 2. The van der Waals surface area contributed by atoms with Crippen molar-refractivity contribution in [2.24, 2.45) is 0 Å². The Labute approximate surface area is 150 Å². The topological polar surface area (TPSA) is 114 Å². The molecule has 134 valence electrons. The van der Waals surface area contributed by atoms with E-state index in [4.69, 9.17) is 4.52 Å². The van der Waals surface area contributed by atoms with E-state index in [0.29, 0.717) is 28.7 Å². The molecule has 2 N–H and O–H groups in total. The number of sulfonamides is 1. The Morgan fingerprint density at radius 3 is 2.15 bits per heavy atom. The van der Waals surface area contributed by atoms with E-state index in [0.717, 1.165) is 0 Å². The standard InChI is InChI=1S/C17H16N4O4S/c1-11-18-17(25-20-11)13-3-5-15(6-4-13)21-26(23,24)16-9-7-14(8-10-16)19-12(2)22/h3-10,21H,1-2H3,(H,19,22). The summed E-state index contributed by atoms with van der Waals surface area (Å²) in [5.74, 6) is 0.660. The van der Waals surface area contributed by atoms with Crippen molar-refractivity contribution in [2.75, 3.05) is 10.0 Å². The second-order valence-electron chi connectivity index (χ2n) is 5.54. The van der Waals surface area contributed by atoms with Gasteiger partial charge < -0.3 is 9.84 Å². The van der Waals surface area contributed by atoms with E-state index < -0.39 is 10.0 Å². The van der Waals surface area contributed by atoms with Crippen molar-refractivity contribution < 1.29 is 17.7 Å². The summed E-state index contributed by atoms with van der Waals surface area (Å²) in [6, 6.07) is 12.5. The van der Waals surface area contributed by atoms with Gasteiger partial charge in [-0.2, -0.15) is 4.98 Å². The maximum absolute atomic E-state index is 12.5. The third-order valence-electron chi connectivity index (χ3n) is 3.40. The van der Waals surface area contributed by atoms with Crippen molar-refractivity contribution >= 4 is 27.3 Å². The fourth-order valence-electron chi connectivity index (χ4n) is 2.23. The molecule has 0 radical (unpaired) electrons. The second kappa shape index (κ2) is 6.96. The van der Waals surface area contributed by atoms with Gasteiger partial charge in [0.25, 0.3) is 15.9 Å². The van der Waals surface area contributed by atoms with Crippen molar-refractivity contribution in [1.29, 1.82) is 0 Å². The van der Waals surface area contributed by atoms with Gasteiger partial charge in [0.15, 0.2) is 5.82 Å². The molecule has 0 aliphatic heterocycles. The third-order valence-corrected chi connectivity index (χ3v) is 4.79. The lowest BCUT2D eigenvalue weighted by Crippen LogP contribution is -2.13. The number of anilines is 2. The highest BCUT2D eigenvalue weighted by Gasteiger charge is 2.15. The summed E-state index contributed by atoms with van der Waals surface area (Å²) in [6.07, 6.45) is 0. The molecule has 0 atom stereocenters. The van der Waals surface area contributed by atoms with Gasteiger partial charge in [0.05, 0.1) is 4.90 Å². The van der Waals surface area contributed by atoms with Crippen LogP contribution in [-0.4, -0.2) is 24.5 Å². The van der Waals surface area contributed by atoms with Crippen LogP contribution in [0.25, 0.3) is 11.5 Å². The molecule has 3 aromatic rings. The Hall–Kier alpha value is -3.20. The zero-order chi connectivity index (χ0) is 18.7. The summed E-state index contributed by atoms with van der Waals surface area (Å²) in [5.41, 5.74) is 1.61. The molecule has 2 aromatic carbocycles. The fraction of sp³-hybridized carbons (Fsp3) is 0.118. The summed E-state index contributed by atoms with van der Waals surface area (Å²) in [6.45, 7) is 3.10. The number of hydrogen-bond acceptors (Lipinski definition) is 6. The van der Waals surface area contributed by atoms with Gasteiger partial charge in [-0.15, -0.1) is 0 Å². The summed E-state index contributed by atoms with van der Waals surface area (Å²) in [5, 5.41) is 6.30. The predicted molar refractivity (Wildman–Crippen MR) is 96.0 cm³/mol. The van der Waals surface area contributed by atoms with Crippen LogP contribution in [0.15, 0.2) is 57.9 Å². The number of carbonyl (C=O) groups is 1. The van der Waals surface area contributed by atoms with Crippen LogP contribution >= 0.6 is 0 Å². The van der Waals surface area contributed by atoms with Crippen molar-refractivity contribution in [2.45, 2.75) is 18.7 Å². The van der Waals surface area contributed by atoms with Crippen molar-refractivity contribution in [1.82, 2.24) is 10.1 Å². The molecule has 0 aliphatic rings. The van der Waals surface area contributed by atoms with Crippen molar-refractivity contribution in [3.63, 3.8) is 0 Å². The van der Waals surface area contributed by atoms with E-state index in [1.807, 2.05) is 0 Å². The first-order valence-corrected chi connectivity index (χ1v) is 9.13. The van der Waals surface area contributed by atoms with Gasteiger partial charge in [-0.25, -0.2) is 8.42 Å². The van der Waals surface area contributed by atoms with Gasteiger partial charge >= 0.3 is 0 Å². The molecular formula is C17H16N4O4S. The van der Waals surface area contributed by atoms with Gasteiger partial charge in [0.2, 0.25) is 5.91 Å². The Bertz CT molecular complexity index is 1030. The maximum Gasteiger partial charge on any atom is 0.261 e. The normalized spacial score (nSPS) is 11.2. The Kier molecular flexibility index (Phi) is 4.72. The molecule has 0 bridgehead atoms. The Morgan fingerprint density at radius 1 is 1.00 bits per heavy atom. The lowest BCUT2D eigenvalue weighted by atomic mass is 10.2. The van der Waals surface area contributed by atoms with Crippen LogP contribution < -0.4 is 10.0 Å². The average Bonchev–Trinajstić information content (AvgIpc) is 3.01. The minimum absolute atomic E-state index is 0.0863. The highest BCUT2D eigenvalue weighted by molar-refractivity contribution is 7.92. The van der Waals surface area contributed by atoms with E-state index in [2.05, 4.69) is 20.2 Å². The molecule has 8 nitrogen and oxygen atoms in total. The van der Waals surface area contributed by atoms with Gasteiger partial charge in [-0.3, -0.25) is 9.52 Å². The molecular weight excluding hydrogens is 356 g/mol. The van der Waals surface area contributed by atoms with Crippen molar-refractivity contribution in [3.05, 3.63) is 54.4 Å². The number of carbonyl (C=O) groups excluding carboxylic acids is 1. The Balaban J connectivity index is 1.75. The van der Waals surface area contributed by atoms with Crippen LogP contribution in [0.3, 0.4) is 0 Å². The quantitative estimate of drug-likeness (QED) is 0.712. The minimum atomic E-state index is -3.75. The number of amides is 1. The molecule has 0 spiro atoms. The predicted octanol–water partition coefficient (Wildman–Crippen LogP) is 2.80. The van der Waals surface area contributed by atoms with Crippen molar-refractivity contribution in [3.8, 4) is 11.5 Å². The monoisotopic (exact) mass is 372 g/mol. The molecule has 0 aliphatic carbocycles. The SMILES string of the molecule is CC(=O)Nc1ccc(S(=O)(=O)Nc2ccc(-c3nc(C)no3)cc2)cc1. The number of rotatable bonds is 5. The van der Waals surface area contributed by atoms with Crippen LogP contribution in [0.1, 0.15) is 12.7 Å². The molecule has 0 unspecified atom stereocenters. The van der Waals surface area contributed by atoms with E-state index in [-0.39, 0.29) is 10.8 Å². The van der Waals surface area contributed by atoms with Crippen LogP contribution in [0.4, 0.5) is 11.4 Å². The number of benzene rings is 2. The smallest absolute Gasteiger partial charge is 0.261 e. The lowest BCUT2D eigenvalue weighted by Gasteiger charge is -2.09. The molecule has 0 fully saturated rings. The zero-order valence-corrected chi connectivity index (χ0v) is 14.9. The highest BCUT2D eigenvalue weighted by Crippen LogP contribution is 2.22. The molecule has 1 heterocycles. The molecule has 9 heteroatoms. The first kappa shape index (κ1) is 17.6. The summed E-state index contributed by atoms with van der Waals surface area (Å²) in [7, 11) is -3.75. The number of nitrogens with zero attached hydrogens (tertiary/aromatic N) is 2. The first-order valence-electron chi connectivity index (χ1n) is 7.65. The van der Waals surface area contributed by atoms with Gasteiger partial charge in [0.1, 0.15) is 0 Å². The Morgan fingerprint density at radius 2 is 1.62 bits per heavy atom. The molecule has 1 aromatic heterocycles. The van der Waals surface area contributed by atoms with E-state index in [1.54, 1.807) is 31.2 Å². The summed E-state index contributed by atoms with van der Waals surface area (Å²) >= 11 is 0. The molecule has 0 saturated carbocycles. The summed E-state index contributed by atoms with van der Waals surface area (Å²) < 4.78 is 32.5. The number of hydrogen-bond donors (Lipinski definition) is 2. The number of nitrogens with one attached hydrogen (secondary N) is 2. The molecule has 1 amide bonds. The van der Waals surface area contributed by atoms with Gasteiger partial charge in [-0.1, -0.05) is 5.16 Å².